The number of nitrogens with zero attached hydrogens (tertiary/aromatic N) is 2. The van der Waals surface area contributed by atoms with Gasteiger partial charge in [-0.05, 0) is 25.7 Å². The summed E-state index contributed by atoms with van der Waals surface area (Å²) in [7, 11) is 11.8. The second kappa shape index (κ2) is 16.6. The highest BCUT2D eigenvalue weighted by molar-refractivity contribution is 5.78. The Labute approximate surface area is 221 Å². The molecule has 37 heavy (non-hydrogen) atoms. The molecular weight excluding hydrogens is 484 g/mol. The Balaban J connectivity index is 5.57. The van der Waals surface area contributed by atoms with Crippen LogP contribution in [-0.2, 0) is 33.4 Å². The summed E-state index contributed by atoms with van der Waals surface area (Å²) in [6.45, 7) is 4.46. The molecule has 216 valence electrons. The van der Waals surface area contributed by atoms with Crippen LogP contribution in [0.15, 0.2) is 0 Å². The summed E-state index contributed by atoms with van der Waals surface area (Å²) in [6.07, 6.45) is 0.384. The van der Waals surface area contributed by atoms with Crippen molar-refractivity contribution in [2.24, 2.45) is 23.7 Å². The minimum atomic E-state index is -1.15. The Morgan fingerprint density at radius 2 is 1.11 bits per heavy atom. The van der Waals surface area contributed by atoms with E-state index >= 15 is 0 Å². The summed E-state index contributed by atoms with van der Waals surface area (Å²) >= 11 is 0. The number of aliphatic carboxylic acids is 1. The first kappa shape index (κ1) is 34.8. The number of ether oxygens (including phenoxy) is 3. The largest absolute Gasteiger partial charge is 0.481 e. The lowest BCUT2D eigenvalue weighted by atomic mass is 9.82. The topological polar surface area (TPSA) is 136 Å². The zero-order chi connectivity index (χ0) is 28.8. The van der Waals surface area contributed by atoms with Gasteiger partial charge in [-0.3, -0.25) is 19.2 Å². The van der Waals surface area contributed by atoms with E-state index in [-0.39, 0.29) is 45.7 Å². The van der Waals surface area contributed by atoms with Gasteiger partial charge in [-0.15, -0.1) is 0 Å². The van der Waals surface area contributed by atoms with Crippen molar-refractivity contribution in [1.29, 1.82) is 0 Å². The number of hydrogen-bond acceptors (Lipinski definition) is 8. The van der Waals surface area contributed by atoms with E-state index in [1.165, 1.54) is 0 Å². The Morgan fingerprint density at radius 3 is 1.51 bits per heavy atom. The van der Waals surface area contributed by atoms with Crippen molar-refractivity contribution >= 4 is 23.9 Å². The fraction of sp³-hybridized carbons (Fsp3) is 0.846. The number of esters is 3. The molecule has 11 nitrogen and oxygen atoms in total. The van der Waals surface area contributed by atoms with Crippen molar-refractivity contribution in [3.8, 4) is 0 Å². The zero-order valence-electron chi connectivity index (χ0n) is 24.0. The number of carbonyl (C=O) groups is 4. The van der Waals surface area contributed by atoms with Crippen molar-refractivity contribution in [3.05, 3.63) is 0 Å². The molecule has 0 aliphatic rings. The minimum absolute atomic E-state index is 0.0486. The smallest absolute Gasteiger partial charge is 0.309 e. The van der Waals surface area contributed by atoms with Gasteiger partial charge in [-0.25, -0.2) is 0 Å². The van der Waals surface area contributed by atoms with E-state index in [1.807, 2.05) is 49.2 Å². The molecule has 0 bridgehead atoms. The summed E-state index contributed by atoms with van der Waals surface area (Å²) in [6, 6.07) is 0. The number of aliphatic hydroxyl groups excluding tert-OH is 1. The molecule has 0 amide bonds. The molecule has 0 saturated heterocycles. The number of carboxylic acids is 1. The van der Waals surface area contributed by atoms with Crippen LogP contribution in [0.5, 0.6) is 0 Å². The van der Waals surface area contributed by atoms with E-state index in [2.05, 4.69) is 0 Å². The van der Waals surface area contributed by atoms with Crippen LogP contribution in [0.1, 0.15) is 39.5 Å². The number of likely N-dealkylation sites (N-methyl/N-ethyl adjacent to an activating group) is 2. The Morgan fingerprint density at radius 1 is 0.676 bits per heavy atom. The summed E-state index contributed by atoms with van der Waals surface area (Å²) in [4.78, 5) is 50.0. The highest BCUT2D eigenvalue weighted by Crippen LogP contribution is 2.28. The fourth-order valence-electron chi connectivity index (χ4n) is 3.59. The average Bonchev–Trinajstić information content (AvgIpc) is 2.76. The summed E-state index contributed by atoms with van der Waals surface area (Å²) in [5, 5.41) is 18.7. The highest BCUT2D eigenvalue weighted by Gasteiger charge is 2.34. The first-order valence-corrected chi connectivity index (χ1v) is 12.9. The normalized spacial score (nSPS) is 15.3. The van der Waals surface area contributed by atoms with E-state index < -0.39 is 47.5 Å². The van der Waals surface area contributed by atoms with Crippen LogP contribution in [0.4, 0.5) is 0 Å². The third kappa shape index (κ3) is 16.3. The van der Waals surface area contributed by atoms with Crippen LogP contribution in [0.3, 0.4) is 0 Å². The summed E-state index contributed by atoms with van der Waals surface area (Å²) < 4.78 is 17.1. The fourth-order valence-corrected chi connectivity index (χ4v) is 3.59. The van der Waals surface area contributed by atoms with Gasteiger partial charge >= 0.3 is 23.9 Å². The van der Waals surface area contributed by atoms with Gasteiger partial charge < -0.3 is 33.4 Å². The lowest BCUT2D eigenvalue weighted by molar-refractivity contribution is -0.870. The molecule has 0 spiro atoms. The number of carbonyl (C=O) groups excluding carboxylic acids is 3. The number of carboxylic acid groups (broad SMARTS) is 1. The Bertz CT molecular complexity index is 729. The van der Waals surface area contributed by atoms with Crippen molar-refractivity contribution in [1.82, 2.24) is 0 Å². The van der Waals surface area contributed by atoms with Gasteiger partial charge in [0.2, 0.25) is 0 Å². The van der Waals surface area contributed by atoms with Crippen LogP contribution in [0, 0.1) is 23.7 Å². The van der Waals surface area contributed by atoms with Crippen molar-refractivity contribution in [2.45, 2.75) is 39.5 Å². The Kier molecular flexibility index (Phi) is 15.6. The molecule has 4 unspecified atom stereocenters. The van der Waals surface area contributed by atoms with E-state index in [9.17, 15) is 24.3 Å². The van der Waals surface area contributed by atoms with E-state index in [0.717, 1.165) is 0 Å². The first-order chi connectivity index (χ1) is 17.0. The van der Waals surface area contributed by atoms with Crippen LogP contribution in [0.2, 0.25) is 0 Å². The van der Waals surface area contributed by atoms with Crippen molar-refractivity contribution in [3.63, 3.8) is 0 Å². The second-order valence-corrected chi connectivity index (χ2v) is 11.7. The molecule has 0 aliphatic heterocycles. The SMILES string of the molecule is CCC(CC(CC(CC(C)C(=O)OCCO)C(=O)O)C(=O)OCC[N+](C)(C)C)C(=O)OCC[N+](C)(C)C. The second-order valence-electron chi connectivity index (χ2n) is 11.7. The molecule has 0 fully saturated rings. The number of quaternary nitrogens is 2. The molecule has 0 aromatic heterocycles. The molecule has 0 saturated carbocycles. The lowest BCUT2D eigenvalue weighted by Gasteiger charge is -2.27. The van der Waals surface area contributed by atoms with Gasteiger partial charge in [0.15, 0.2) is 0 Å². The van der Waals surface area contributed by atoms with Gasteiger partial charge in [-0.1, -0.05) is 13.8 Å². The first-order valence-electron chi connectivity index (χ1n) is 12.9. The van der Waals surface area contributed by atoms with Crippen LogP contribution in [-0.4, -0.2) is 125 Å². The molecule has 0 aromatic rings. The molecule has 11 heteroatoms. The third-order valence-corrected chi connectivity index (χ3v) is 6.04. The van der Waals surface area contributed by atoms with Crippen molar-refractivity contribution in [2.75, 3.05) is 81.8 Å². The summed E-state index contributed by atoms with van der Waals surface area (Å²) in [5.74, 6) is -5.97. The third-order valence-electron chi connectivity index (χ3n) is 6.04. The van der Waals surface area contributed by atoms with Gasteiger partial charge in [-0.2, -0.15) is 0 Å². The highest BCUT2D eigenvalue weighted by atomic mass is 16.5. The molecule has 0 heterocycles. The predicted molar refractivity (Wildman–Crippen MR) is 137 cm³/mol. The molecular formula is C26H50N2O9+2. The quantitative estimate of drug-likeness (QED) is 0.142. The monoisotopic (exact) mass is 534 g/mol. The van der Waals surface area contributed by atoms with Gasteiger partial charge in [0.25, 0.3) is 0 Å². The summed E-state index contributed by atoms with van der Waals surface area (Å²) in [5.41, 5.74) is 0. The Hall–Kier alpha value is -2.24. The number of aliphatic hydroxyl groups is 1. The van der Waals surface area contributed by atoms with E-state index in [4.69, 9.17) is 19.3 Å². The van der Waals surface area contributed by atoms with E-state index in [0.29, 0.717) is 28.5 Å². The maximum Gasteiger partial charge on any atom is 0.309 e. The average molecular weight is 535 g/mol. The lowest BCUT2D eigenvalue weighted by Crippen LogP contribution is -2.39. The molecule has 0 aromatic carbocycles. The maximum absolute atomic E-state index is 13.1. The van der Waals surface area contributed by atoms with Gasteiger partial charge in [0, 0.05) is 0 Å². The molecule has 0 radical (unpaired) electrons. The van der Waals surface area contributed by atoms with E-state index in [1.54, 1.807) is 6.92 Å². The van der Waals surface area contributed by atoms with Gasteiger partial charge in [0.05, 0.1) is 72.6 Å². The predicted octanol–water partition coefficient (Wildman–Crippen LogP) is 1.17. The van der Waals surface area contributed by atoms with Crippen LogP contribution < -0.4 is 0 Å². The molecule has 4 atom stereocenters. The number of hydrogen-bond donors (Lipinski definition) is 2. The standard InChI is InChI=1S/C26H49N2O9/c1-9-20(25(33)35-13-10-27(3,4)5)17-22(26(34)36-14-11-28(6,7)8)18-21(23(30)31)16-19(2)24(32)37-15-12-29/h19-22,29H,9-18H2,1-8H3/q+1/p+1. The maximum atomic E-state index is 13.1. The van der Waals surface area contributed by atoms with Crippen LogP contribution in [0.25, 0.3) is 0 Å². The van der Waals surface area contributed by atoms with Crippen molar-refractivity contribution < 1.29 is 52.6 Å². The molecule has 2 N–H and O–H groups in total. The molecule has 0 rings (SSSR count). The van der Waals surface area contributed by atoms with Gasteiger partial charge in [0.1, 0.15) is 32.9 Å². The minimum Gasteiger partial charge on any atom is -0.481 e. The molecule has 0 aliphatic carbocycles. The van der Waals surface area contributed by atoms with Crippen LogP contribution >= 0.6 is 0 Å². The zero-order valence-corrected chi connectivity index (χ0v) is 24.0. The number of rotatable bonds is 19.